The molecule has 0 aliphatic rings. The van der Waals surface area contributed by atoms with Crippen LogP contribution < -0.4 is 4.74 Å². The van der Waals surface area contributed by atoms with Crippen molar-refractivity contribution in [3.05, 3.63) is 53.3 Å². The van der Waals surface area contributed by atoms with Crippen LogP contribution in [0.5, 0.6) is 5.75 Å². The summed E-state index contributed by atoms with van der Waals surface area (Å²) in [5.74, 6) is 0.397. The molecule has 0 atom stereocenters. The molecule has 0 fully saturated rings. The molecule has 2 aromatic heterocycles. The molecular formula is C19H20N4O3. The summed E-state index contributed by atoms with van der Waals surface area (Å²) >= 11 is 0. The third-order valence-corrected chi connectivity index (χ3v) is 3.88. The zero-order valence-electron chi connectivity index (χ0n) is 15.2. The third-order valence-electron chi connectivity index (χ3n) is 3.88. The molecule has 0 N–H and O–H groups in total. The van der Waals surface area contributed by atoms with Crippen molar-refractivity contribution in [3.63, 3.8) is 0 Å². The van der Waals surface area contributed by atoms with E-state index >= 15 is 0 Å². The Balaban J connectivity index is 2.14. The molecule has 7 nitrogen and oxygen atoms in total. The Morgan fingerprint density at radius 2 is 2.04 bits per heavy atom. The minimum absolute atomic E-state index is 0.136. The summed E-state index contributed by atoms with van der Waals surface area (Å²) in [7, 11) is 1.57. The van der Waals surface area contributed by atoms with Crippen molar-refractivity contribution in [2.45, 2.75) is 20.8 Å². The minimum Gasteiger partial charge on any atom is -0.494 e. The van der Waals surface area contributed by atoms with Gasteiger partial charge in [0.25, 0.3) is 0 Å². The number of hydrogen-bond acceptors (Lipinski definition) is 6. The number of azo groups is 1. The van der Waals surface area contributed by atoms with E-state index in [-0.39, 0.29) is 12.3 Å². The predicted molar refractivity (Wildman–Crippen MR) is 97.8 cm³/mol. The number of nitrogens with zero attached hydrogens (tertiary/aromatic N) is 4. The second kappa shape index (κ2) is 7.35. The minimum atomic E-state index is -0.527. The largest absolute Gasteiger partial charge is 0.494 e. The zero-order valence-corrected chi connectivity index (χ0v) is 15.2. The Morgan fingerprint density at radius 1 is 1.23 bits per heavy atom. The first-order valence-electron chi connectivity index (χ1n) is 8.26. The van der Waals surface area contributed by atoms with Gasteiger partial charge in [-0.2, -0.15) is 0 Å². The number of imidazole rings is 1. The number of rotatable bonds is 5. The lowest BCUT2D eigenvalue weighted by Gasteiger charge is -2.04. The fraction of sp³-hybridized carbons (Fsp3) is 0.263. The van der Waals surface area contributed by atoms with Crippen LogP contribution >= 0.6 is 0 Å². The zero-order chi connectivity index (χ0) is 18.7. The number of hydrogen-bond donors (Lipinski definition) is 0. The predicted octanol–water partition coefficient (Wildman–Crippen LogP) is 4.55. The first kappa shape index (κ1) is 17.6. The highest BCUT2D eigenvalue weighted by molar-refractivity contribution is 5.93. The van der Waals surface area contributed by atoms with E-state index in [9.17, 15) is 4.79 Å². The second-order valence-corrected chi connectivity index (χ2v) is 5.76. The van der Waals surface area contributed by atoms with Gasteiger partial charge in [0.05, 0.1) is 13.7 Å². The van der Waals surface area contributed by atoms with E-state index in [1.54, 1.807) is 24.6 Å². The highest BCUT2D eigenvalue weighted by Gasteiger charge is 2.21. The van der Waals surface area contributed by atoms with Gasteiger partial charge in [-0.3, -0.25) is 4.40 Å². The van der Waals surface area contributed by atoms with Crippen LogP contribution in [0.25, 0.3) is 5.65 Å². The van der Waals surface area contributed by atoms with Crippen LogP contribution in [0.4, 0.5) is 11.5 Å². The normalized spacial score (nSPS) is 11.2. The number of ether oxygens (including phenoxy) is 2. The lowest BCUT2D eigenvalue weighted by Crippen LogP contribution is -2.05. The lowest BCUT2D eigenvalue weighted by atomic mass is 10.2. The van der Waals surface area contributed by atoms with Crippen LogP contribution in [0, 0.1) is 13.8 Å². The molecule has 0 unspecified atom stereocenters. The summed E-state index contributed by atoms with van der Waals surface area (Å²) < 4.78 is 12.2. The van der Waals surface area contributed by atoms with E-state index < -0.39 is 5.97 Å². The van der Waals surface area contributed by atoms with Crippen LogP contribution in [-0.4, -0.2) is 29.1 Å². The van der Waals surface area contributed by atoms with Crippen LogP contribution in [-0.2, 0) is 4.74 Å². The highest BCUT2D eigenvalue weighted by Crippen LogP contribution is 2.31. The van der Waals surface area contributed by atoms with Gasteiger partial charge < -0.3 is 9.47 Å². The summed E-state index contributed by atoms with van der Waals surface area (Å²) in [6, 6.07) is 9.40. The number of aryl methyl sites for hydroxylation is 2. The molecule has 0 saturated heterocycles. The van der Waals surface area contributed by atoms with Crippen molar-refractivity contribution in [2.75, 3.05) is 13.7 Å². The third kappa shape index (κ3) is 3.28. The van der Waals surface area contributed by atoms with Crippen molar-refractivity contribution in [3.8, 4) is 5.75 Å². The maximum atomic E-state index is 12.3. The Labute approximate surface area is 151 Å². The number of esters is 1. The lowest BCUT2D eigenvalue weighted by molar-refractivity contribution is 0.0521. The fourth-order valence-electron chi connectivity index (χ4n) is 2.60. The van der Waals surface area contributed by atoms with Crippen LogP contribution in [0.15, 0.2) is 46.8 Å². The van der Waals surface area contributed by atoms with Gasteiger partial charge in [0.15, 0.2) is 11.5 Å². The molecule has 7 heteroatoms. The van der Waals surface area contributed by atoms with E-state index in [0.29, 0.717) is 22.9 Å². The molecule has 134 valence electrons. The van der Waals surface area contributed by atoms with Gasteiger partial charge in [0.1, 0.15) is 17.1 Å². The van der Waals surface area contributed by atoms with Gasteiger partial charge in [-0.15, -0.1) is 10.2 Å². The van der Waals surface area contributed by atoms with E-state index in [4.69, 9.17) is 9.47 Å². The van der Waals surface area contributed by atoms with Crippen molar-refractivity contribution in [1.29, 1.82) is 0 Å². The quantitative estimate of drug-likeness (QED) is 0.498. The first-order valence-corrected chi connectivity index (χ1v) is 8.26. The number of pyridine rings is 1. The average molecular weight is 352 g/mol. The molecule has 0 amide bonds. The van der Waals surface area contributed by atoms with E-state index in [2.05, 4.69) is 15.2 Å². The Kier molecular flexibility index (Phi) is 4.97. The standard InChI is InChI=1S/C19H20N4O3/c1-5-26-19(24)16-18(23-10-6-7-13(3)17(23)20-16)22-21-14-11-12(2)8-9-15(14)25-4/h6-11H,5H2,1-4H3. The SMILES string of the molecule is CCOC(=O)c1nc2c(C)cccn2c1N=Nc1cc(C)ccc1OC. The molecule has 0 spiro atoms. The van der Waals surface area contributed by atoms with Crippen molar-refractivity contribution in [1.82, 2.24) is 9.38 Å². The molecule has 0 saturated carbocycles. The van der Waals surface area contributed by atoms with Gasteiger partial charge in [-0.25, -0.2) is 9.78 Å². The summed E-state index contributed by atoms with van der Waals surface area (Å²) in [6.07, 6.45) is 1.79. The number of aromatic nitrogens is 2. The summed E-state index contributed by atoms with van der Waals surface area (Å²) in [5, 5.41) is 8.60. The van der Waals surface area contributed by atoms with Crippen LogP contribution in [0.1, 0.15) is 28.5 Å². The Hall–Kier alpha value is -3.22. The smallest absolute Gasteiger partial charge is 0.360 e. The highest BCUT2D eigenvalue weighted by atomic mass is 16.5. The maximum absolute atomic E-state index is 12.3. The second-order valence-electron chi connectivity index (χ2n) is 5.76. The monoisotopic (exact) mass is 352 g/mol. The molecule has 1 aromatic carbocycles. The number of carbonyl (C=O) groups is 1. The molecule has 3 aromatic rings. The topological polar surface area (TPSA) is 77.5 Å². The van der Waals surface area contributed by atoms with Gasteiger partial charge in [0, 0.05) is 6.20 Å². The average Bonchev–Trinajstić information content (AvgIpc) is 3.00. The number of methoxy groups -OCH3 is 1. The van der Waals surface area contributed by atoms with E-state index in [1.807, 2.05) is 44.2 Å². The van der Waals surface area contributed by atoms with Crippen LogP contribution in [0.3, 0.4) is 0 Å². The van der Waals surface area contributed by atoms with Crippen molar-refractivity contribution < 1.29 is 14.3 Å². The number of benzene rings is 1. The molecular weight excluding hydrogens is 332 g/mol. The molecule has 0 aliphatic carbocycles. The first-order chi connectivity index (χ1) is 12.5. The molecule has 3 rings (SSSR count). The number of carbonyl (C=O) groups excluding carboxylic acids is 1. The molecule has 0 aliphatic heterocycles. The van der Waals surface area contributed by atoms with Gasteiger partial charge >= 0.3 is 5.97 Å². The van der Waals surface area contributed by atoms with Gasteiger partial charge in [-0.05, 0) is 50.1 Å². The van der Waals surface area contributed by atoms with Crippen molar-refractivity contribution in [2.24, 2.45) is 10.2 Å². The molecule has 26 heavy (non-hydrogen) atoms. The Morgan fingerprint density at radius 3 is 2.77 bits per heavy atom. The number of fused-ring (bicyclic) bond motifs is 1. The van der Waals surface area contributed by atoms with Gasteiger partial charge in [-0.1, -0.05) is 12.1 Å². The summed E-state index contributed by atoms with van der Waals surface area (Å²) in [4.78, 5) is 16.7. The van der Waals surface area contributed by atoms with Crippen molar-refractivity contribution >= 4 is 23.1 Å². The molecule has 0 radical (unpaired) electrons. The van der Waals surface area contributed by atoms with Crippen LogP contribution in [0.2, 0.25) is 0 Å². The summed E-state index contributed by atoms with van der Waals surface area (Å²) in [6.45, 7) is 5.88. The van der Waals surface area contributed by atoms with E-state index in [1.165, 1.54) is 0 Å². The maximum Gasteiger partial charge on any atom is 0.360 e. The molecule has 2 heterocycles. The molecule has 0 bridgehead atoms. The van der Waals surface area contributed by atoms with Gasteiger partial charge in [0.2, 0.25) is 0 Å². The fourth-order valence-corrected chi connectivity index (χ4v) is 2.60. The summed E-state index contributed by atoms with van der Waals surface area (Å²) in [5.41, 5.74) is 3.30. The Bertz CT molecular complexity index is 992. The van der Waals surface area contributed by atoms with E-state index in [0.717, 1.165) is 11.1 Å².